The first-order valence-electron chi connectivity index (χ1n) is 12.5. The van der Waals surface area contributed by atoms with Gasteiger partial charge in [-0.05, 0) is 0 Å². The molecule has 9 nitrogen and oxygen atoms in total. The van der Waals surface area contributed by atoms with Gasteiger partial charge in [0.15, 0.2) is 0 Å². The Kier molecular flexibility index (Phi) is 45.0. The maximum absolute atomic E-state index is 8.88. The molecule has 0 radical (unpaired) electrons. The molecule has 0 heterocycles. The van der Waals surface area contributed by atoms with Gasteiger partial charge in [-0.15, -0.1) is 0 Å². The van der Waals surface area contributed by atoms with Gasteiger partial charge in [-0.25, -0.2) is 9.13 Å². The molecule has 0 aliphatic carbocycles. The van der Waals surface area contributed by atoms with Crippen LogP contribution in [0.3, 0.4) is 0 Å². The molecule has 0 saturated carbocycles. The van der Waals surface area contributed by atoms with Crippen LogP contribution in [0.15, 0.2) is 0 Å². The number of rotatable bonds is 17. The first kappa shape index (κ1) is 43.3. The summed E-state index contributed by atoms with van der Waals surface area (Å²) in [4.78, 5) is 43.1. The molecule has 0 fully saturated rings. The van der Waals surface area contributed by atoms with Crippen LogP contribution in [0.1, 0.15) is 143 Å². The monoisotopic (exact) mass is 526 g/mol. The van der Waals surface area contributed by atoms with E-state index in [-0.39, 0.29) is 5.48 Å². The summed E-state index contributed by atoms with van der Waals surface area (Å²) in [7, 11) is -9.28. The molecule has 0 aromatic rings. The van der Waals surface area contributed by atoms with Gasteiger partial charge in [-0.3, -0.25) is 0 Å². The second kappa shape index (κ2) is 34.3. The molecule has 11 heteroatoms. The van der Waals surface area contributed by atoms with E-state index in [4.69, 9.17) is 38.5 Å². The Morgan fingerprint density at radius 2 is 0.485 bits per heavy atom. The third-order valence-corrected chi connectivity index (χ3v) is 4.46. The van der Waals surface area contributed by atoms with Crippen molar-refractivity contribution in [1.82, 2.24) is 0 Å². The largest absolute Gasteiger partial charge is 0.466 e. The highest BCUT2D eigenvalue weighted by Crippen LogP contribution is 2.26. The van der Waals surface area contributed by atoms with E-state index in [0.29, 0.717) is 0 Å². The topological polar surface area (TPSA) is 187 Å². The van der Waals surface area contributed by atoms with E-state index in [1.165, 1.54) is 116 Å². The summed E-state index contributed by atoms with van der Waals surface area (Å²) in [6.45, 7) is 8.59. The van der Waals surface area contributed by atoms with Crippen LogP contribution in [0.2, 0.25) is 0 Å². The number of phosphoric acid groups is 2. The van der Waals surface area contributed by atoms with Crippen LogP contribution >= 0.6 is 15.6 Å². The molecule has 0 spiro atoms. The van der Waals surface area contributed by atoms with Crippen LogP contribution < -0.4 is 0 Å². The lowest BCUT2D eigenvalue weighted by Crippen LogP contribution is -1.83. The maximum atomic E-state index is 8.88. The third-order valence-electron chi connectivity index (χ3n) is 4.46. The fraction of sp³-hybridized carbons (Fsp3) is 1.00. The average molecular weight is 527 g/mol. The Labute approximate surface area is 203 Å². The molecule has 0 aliphatic rings. The molecule has 0 saturated heterocycles. The zero-order valence-corrected chi connectivity index (χ0v) is 23.4. The van der Waals surface area contributed by atoms with Crippen molar-refractivity contribution >= 4 is 15.6 Å². The zero-order valence-electron chi connectivity index (χ0n) is 21.6. The van der Waals surface area contributed by atoms with Gasteiger partial charge in [0.05, 0.1) is 0 Å². The van der Waals surface area contributed by atoms with Crippen LogP contribution in [0.4, 0.5) is 0 Å². The Bertz CT molecular complexity index is 358. The van der Waals surface area contributed by atoms with Gasteiger partial charge in [0.25, 0.3) is 0 Å². The standard InChI is InChI=1S/C20H42.C2H6.2H3O4P.H2O/c1-3-5-7-9-11-13-15-17-19-20-18-16-14-12-10-8-6-4-2;1-2;2*1-5(2,3)4;/h3-20H2,1-2H3;1-2H3;2*(H3,1,2,3,4);1H2. The first-order chi connectivity index (χ1) is 14.9. The third kappa shape index (κ3) is 99.3. The molecule has 208 valence electrons. The molecule has 0 aliphatic heterocycles. The SMILES string of the molecule is CC.CCCCCCCCCCCCCCCCCCCC.O.O=P(O)(O)O.O=P(O)(O)O. The van der Waals surface area contributed by atoms with E-state index in [1.807, 2.05) is 13.8 Å². The van der Waals surface area contributed by atoms with E-state index in [0.717, 1.165) is 0 Å². The number of unbranched alkanes of at least 4 members (excludes halogenated alkanes) is 17. The lowest BCUT2D eigenvalue weighted by Gasteiger charge is -2.03. The van der Waals surface area contributed by atoms with E-state index in [1.54, 1.807) is 0 Å². The predicted molar refractivity (Wildman–Crippen MR) is 138 cm³/mol. The Morgan fingerprint density at radius 1 is 0.394 bits per heavy atom. The summed E-state index contributed by atoms with van der Waals surface area (Å²) >= 11 is 0. The second-order valence-electron chi connectivity index (χ2n) is 7.68. The molecule has 0 atom stereocenters. The molecule has 0 bridgehead atoms. The summed E-state index contributed by atoms with van der Waals surface area (Å²) in [6, 6.07) is 0. The van der Waals surface area contributed by atoms with Crippen LogP contribution in [0, 0.1) is 0 Å². The van der Waals surface area contributed by atoms with Gasteiger partial charge in [0.1, 0.15) is 0 Å². The molecular weight excluding hydrogens is 470 g/mol. The lowest BCUT2D eigenvalue weighted by atomic mass is 10.0. The van der Waals surface area contributed by atoms with E-state index in [2.05, 4.69) is 13.8 Å². The molecule has 0 amide bonds. The van der Waals surface area contributed by atoms with Crippen molar-refractivity contribution in [3.8, 4) is 0 Å². The molecule has 0 aromatic carbocycles. The minimum absolute atomic E-state index is 0. The Hall–Kier alpha value is 0.180. The summed E-state index contributed by atoms with van der Waals surface area (Å²) in [5, 5.41) is 0. The average Bonchev–Trinajstić information content (AvgIpc) is 2.67. The summed E-state index contributed by atoms with van der Waals surface area (Å²) in [6.07, 6.45) is 26.4. The second-order valence-corrected chi connectivity index (χ2v) is 9.74. The fourth-order valence-electron chi connectivity index (χ4n) is 2.97. The molecular formula is C22H56O9P2. The molecule has 0 rings (SSSR count). The van der Waals surface area contributed by atoms with E-state index >= 15 is 0 Å². The zero-order chi connectivity index (χ0) is 25.7. The maximum Gasteiger partial charge on any atom is 0.466 e. The van der Waals surface area contributed by atoms with Gasteiger partial charge >= 0.3 is 15.6 Å². The summed E-state index contributed by atoms with van der Waals surface area (Å²) < 4.78 is 17.8. The highest BCUT2D eigenvalue weighted by atomic mass is 31.2. The smallest absolute Gasteiger partial charge is 0.412 e. The van der Waals surface area contributed by atoms with E-state index < -0.39 is 15.6 Å². The normalized spacial score (nSPS) is 10.5. The van der Waals surface area contributed by atoms with Crippen molar-refractivity contribution in [2.75, 3.05) is 0 Å². The number of hydrogen-bond acceptors (Lipinski definition) is 2. The van der Waals surface area contributed by atoms with Crippen molar-refractivity contribution in [2.24, 2.45) is 0 Å². The van der Waals surface area contributed by atoms with Gasteiger partial charge < -0.3 is 34.8 Å². The molecule has 33 heavy (non-hydrogen) atoms. The van der Waals surface area contributed by atoms with Crippen LogP contribution in [0.5, 0.6) is 0 Å². The van der Waals surface area contributed by atoms with Gasteiger partial charge in [0, 0.05) is 0 Å². The minimum atomic E-state index is -4.64. The van der Waals surface area contributed by atoms with Crippen LogP contribution in [-0.2, 0) is 9.13 Å². The minimum Gasteiger partial charge on any atom is -0.412 e. The first-order valence-corrected chi connectivity index (χ1v) is 15.6. The Balaban J connectivity index is -0.000000166. The van der Waals surface area contributed by atoms with Crippen LogP contribution in [0.25, 0.3) is 0 Å². The van der Waals surface area contributed by atoms with Crippen molar-refractivity contribution in [3.63, 3.8) is 0 Å². The highest BCUT2D eigenvalue weighted by molar-refractivity contribution is 7.45. The number of hydrogen-bond donors (Lipinski definition) is 6. The summed E-state index contributed by atoms with van der Waals surface area (Å²) in [5.41, 5.74) is 0. The summed E-state index contributed by atoms with van der Waals surface area (Å²) in [5.74, 6) is 0. The predicted octanol–water partition coefficient (Wildman–Crippen LogP) is 6.39. The van der Waals surface area contributed by atoms with Gasteiger partial charge in [0.2, 0.25) is 0 Å². The van der Waals surface area contributed by atoms with Crippen molar-refractivity contribution in [1.29, 1.82) is 0 Å². The fourth-order valence-corrected chi connectivity index (χ4v) is 2.97. The van der Waals surface area contributed by atoms with Crippen molar-refractivity contribution in [3.05, 3.63) is 0 Å². The molecule has 8 N–H and O–H groups in total. The van der Waals surface area contributed by atoms with Crippen molar-refractivity contribution in [2.45, 2.75) is 143 Å². The highest BCUT2D eigenvalue weighted by Gasteiger charge is 2.00. The lowest BCUT2D eigenvalue weighted by molar-refractivity contribution is 0.272. The van der Waals surface area contributed by atoms with E-state index in [9.17, 15) is 0 Å². The Morgan fingerprint density at radius 3 is 0.576 bits per heavy atom. The van der Waals surface area contributed by atoms with Gasteiger partial charge in [-0.2, -0.15) is 0 Å². The molecule has 0 unspecified atom stereocenters. The van der Waals surface area contributed by atoms with Crippen molar-refractivity contribution < 1.29 is 44.0 Å². The van der Waals surface area contributed by atoms with Crippen LogP contribution in [-0.4, -0.2) is 34.8 Å². The quantitative estimate of drug-likeness (QED) is 0.0928. The van der Waals surface area contributed by atoms with Gasteiger partial charge in [-0.1, -0.05) is 143 Å². The molecule has 0 aromatic heterocycles.